The molecular formula is C15H17N3O. The first kappa shape index (κ1) is 12.0. The molecule has 1 amide bonds. The number of nitrogens with zero attached hydrogens (tertiary/aromatic N) is 2. The highest BCUT2D eigenvalue weighted by Crippen LogP contribution is 2.29. The zero-order valence-electron chi connectivity index (χ0n) is 11.2. The molecule has 1 heterocycles. The molecular weight excluding hydrogens is 238 g/mol. The van der Waals surface area contributed by atoms with Crippen molar-refractivity contribution in [3.63, 3.8) is 0 Å². The second-order valence-electron chi connectivity index (χ2n) is 4.97. The van der Waals surface area contributed by atoms with E-state index in [1.807, 2.05) is 49.3 Å². The lowest BCUT2D eigenvalue weighted by Gasteiger charge is -2.18. The van der Waals surface area contributed by atoms with Crippen molar-refractivity contribution in [2.45, 2.75) is 18.9 Å². The maximum absolute atomic E-state index is 12.6. The molecule has 4 heteroatoms. The Morgan fingerprint density at radius 2 is 2.11 bits per heavy atom. The van der Waals surface area contributed by atoms with Crippen LogP contribution in [0.25, 0.3) is 10.9 Å². The zero-order valence-corrected chi connectivity index (χ0v) is 11.2. The number of rotatable bonds is 3. The van der Waals surface area contributed by atoms with Crippen LogP contribution in [0.3, 0.4) is 0 Å². The van der Waals surface area contributed by atoms with Gasteiger partial charge in [0.2, 0.25) is 0 Å². The summed E-state index contributed by atoms with van der Waals surface area (Å²) in [5.74, 6) is 0.809. The number of para-hydroxylation sites is 1. The van der Waals surface area contributed by atoms with Crippen molar-refractivity contribution < 1.29 is 4.79 Å². The third-order valence-electron chi connectivity index (χ3n) is 3.62. The lowest BCUT2D eigenvalue weighted by molar-refractivity contribution is 0.0787. The number of anilines is 1. The molecule has 1 N–H and O–H groups in total. The molecule has 0 atom stereocenters. The summed E-state index contributed by atoms with van der Waals surface area (Å²) in [5, 5.41) is 3.93. The van der Waals surface area contributed by atoms with E-state index in [4.69, 9.17) is 0 Å². The molecule has 1 fully saturated rings. The van der Waals surface area contributed by atoms with Gasteiger partial charge in [-0.3, -0.25) is 4.79 Å². The predicted octanol–water partition coefficient (Wildman–Crippen LogP) is 2.51. The molecule has 1 saturated carbocycles. The number of carbonyl (C=O) groups is 1. The Kier molecular flexibility index (Phi) is 2.85. The van der Waals surface area contributed by atoms with E-state index >= 15 is 0 Å². The first-order valence-corrected chi connectivity index (χ1v) is 6.55. The minimum atomic E-state index is 0.0811. The number of fused-ring (bicyclic) bond motifs is 1. The van der Waals surface area contributed by atoms with Gasteiger partial charge in [0.25, 0.3) is 5.91 Å². The van der Waals surface area contributed by atoms with Gasteiger partial charge >= 0.3 is 0 Å². The van der Waals surface area contributed by atoms with Crippen molar-refractivity contribution in [1.82, 2.24) is 9.88 Å². The van der Waals surface area contributed by atoms with Gasteiger partial charge in [-0.1, -0.05) is 18.2 Å². The zero-order chi connectivity index (χ0) is 13.4. The van der Waals surface area contributed by atoms with Gasteiger partial charge in [-0.25, -0.2) is 4.98 Å². The van der Waals surface area contributed by atoms with Crippen LogP contribution in [-0.2, 0) is 0 Å². The van der Waals surface area contributed by atoms with E-state index in [0.717, 1.165) is 35.1 Å². The maximum atomic E-state index is 12.6. The Bertz CT molecular complexity index is 634. The van der Waals surface area contributed by atoms with Crippen molar-refractivity contribution in [3.05, 3.63) is 35.9 Å². The van der Waals surface area contributed by atoms with Gasteiger partial charge in [0.1, 0.15) is 5.82 Å². The Labute approximate surface area is 112 Å². The number of amides is 1. The Balaban J connectivity index is 2.12. The molecule has 1 aromatic heterocycles. The molecule has 0 unspecified atom stereocenters. The fourth-order valence-corrected chi connectivity index (χ4v) is 2.30. The van der Waals surface area contributed by atoms with E-state index in [1.165, 1.54) is 0 Å². The second-order valence-corrected chi connectivity index (χ2v) is 4.97. The average Bonchev–Trinajstić information content (AvgIpc) is 3.29. The van der Waals surface area contributed by atoms with E-state index in [1.54, 1.807) is 0 Å². The van der Waals surface area contributed by atoms with Gasteiger partial charge in [-0.15, -0.1) is 0 Å². The largest absolute Gasteiger partial charge is 0.373 e. The summed E-state index contributed by atoms with van der Waals surface area (Å²) < 4.78 is 0. The Morgan fingerprint density at radius 1 is 1.37 bits per heavy atom. The van der Waals surface area contributed by atoms with Crippen LogP contribution >= 0.6 is 0 Å². The summed E-state index contributed by atoms with van der Waals surface area (Å²) in [5.41, 5.74) is 1.58. The van der Waals surface area contributed by atoms with E-state index in [0.29, 0.717) is 6.04 Å². The number of pyridine rings is 1. The van der Waals surface area contributed by atoms with E-state index in [-0.39, 0.29) is 5.91 Å². The van der Waals surface area contributed by atoms with Crippen molar-refractivity contribution in [3.8, 4) is 0 Å². The Hall–Kier alpha value is -2.10. The summed E-state index contributed by atoms with van der Waals surface area (Å²) in [6.45, 7) is 0. The highest BCUT2D eigenvalue weighted by Gasteiger charge is 2.30. The van der Waals surface area contributed by atoms with E-state index < -0.39 is 0 Å². The fourth-order valence-electron chi connectivity index (χ4n) is 2.30. The number of nitrogens with one attached hydrogen (secondary N) is 1. The van der Waals surface area contributed by atoms with Crippen LogP contribution in [0.1, 0.15) is 23.2 Å². The van der Waals surface area contributed by atoms with E-state index in [9.17, 15) is 4.79 Å². The third-order valence-corrected chi connectivity index (χ3v) is 3.62. The highest BCUT2D eigenvalue weighted by molar-refractivity contribution is 6.07. The van der Waals surface area contributed by atoms with Crippen LogP contribution in [0.4, 0.5) is 5.82 Å². The quantitative estimate of drug-likeness (QED) is 0.916. The molecule has 0 saturated heterocycles. The maximum Gasteiger partial charge on any atom is 0.254 e. The molecule has 0 aliphatic heterocycles. The molecule has 2 aromatic rings. The van der Waals surface area contributed by atoms with Crippen LogP contribution in [0.5, 0.6) is 0 Å². The van der Waals surface area contributed by atoms with Gasteiger partial charge < -0.3 is 10.2 Å². The molecule has 3 rings (SSSR count). The lowest BCUT2D eigenvalue weighted by Crippen LogP contribution is -2.29. The molecule has 1 aromatic carbocycles. The molecule has 4 nitrogen and oxygen atoms in total. The summed E-state index contributed by atoms with van der Waals surface area (Å²) in [7, 11) is 3.70. The summed E-state index contributed by atoms with van der Waals surface area (Å²) in [6.07, 6.45) is 2.23. The minimum Gasteiger partial charge on any atom is -0.373 e. The summed E-state index contributed by atoms with van der Waals surface area (Å²) >= 11 is 0. The van der Waals surface area contributed by atoms with Gasteiger partial charge in [0, 0.05) is 25.5 Å². The summed E-state index contributed by atoms with van der Waals surface area (Å²) in [4.78, 5) is 18.9. The first-order valence-electron chi connectivity index (χ1n) is 6.55. The van der Waals surface area contributed by atoms with Gasteiger partial charge in [0.05, 0.1) is 11.1 Å². The molecule has 98 valence electrons. The molecule has 0 radical (unpaired) electrons. The number of carbonyl (C=O) groups excluding carboxylic acids is 1. The molecule has 19 heavy (non-hydrogen) atoms. The molecule has 0 spiro atoms. The van der Waals surface area contributed by atoms with Crippen molar-refractivity contribution >= 4 is 22.6 Å². The predicted molar refractivity (Wildman–Crippen MR) is 76.4 cm³/mol. The van der Waals surface area contributed by atoms with Gasteiger partial charge in [0.15, 0.2) is 0 Å². The summed E-state index contributed by atoms with van der Waals surface area (Å²) in [6, 6.07) is 10.0. The normalized spacial score (nSPS) is 14.4. The number of benzene rings is 1. The minimum absolute atomic E-state index is 0.0811. The van der Waals surface area contributed by atoms with Crippen molar-refractivity contribution in [2.75, 3.05) is 19.4 Å². The second kappa shape index (κ2) is 4.53. The van der Waals surface area contributed by atoms with Crippen LogP contribution < -0.4 is 5.32 Å². The smallest absolute Gasteiger partial charge is 0.254 e. The fraction of sp³-hybridized carbons (Fsp3) is 0.333. The number of hydrogen-bond donors (Lipinski definition) is 1. The van der Waals surface area contributed by atoms with Gasteiger partial charge in [-0.2, -0.15) is 0 Å². The van der Waals surface area contributed by atoms with Crippen molar-refractivity contribution in [1.29, 1.82) is 0 Å². The van der Waals surface area contributed by atoms with Crippen LogP contribution in [-0.4, -0.2) is 35.9 Å². The topological polar surface area (TPSA) is 45.2 Å². The number of aromatic nitrogens is 1. The number of hydrogen-bond acceptors (Lipinski definition) is 3. The van der Waals surface area contributed by atoms with E-state index in [2.05, 4.69) is 10.3 Å². The highest BCUT2D eigenvalue weighted by atomic mass is 16.2. The third kappa shape index (κ3) is 2.14. The monoisotopic (exact) mass is 255 g/mol. The van der Waals surface area contributed by atoms with Crippen LogP contribution in [0.2, 0.25) is 0 Å². The van der Waals surface area contributed by atoms with Crippen molar-refractivity contribution in [2.24, 2.45) is 0 Å². The standard InChI is InChI=1S/C15H17N3O/c1-16-14-9-12(15(19)18(2)10-7-8-10)11-5-3-4-6-13(11)17-14/h3-6,9-10H,7-8H2,1-2H3,(H,16,17). The molecule has 0 bridgehead atoms. The SMILES string of the molecule is CNc1cc(C(=O)N(C)C2CC2)c2ccccc2n1. The average molecular weight is 255 g/mol. The first-order chi connectivity index (χ1) is 9.20. The molecule has 1 aliphatic rings. The van der Waals surface area contributed by atoms with Crippen LogP contribution in [0, 0.1) is 0 Å². The molecule has 1 aliphatic carbocycles. The Morgan fingerprint density at radius 3 is 2.79 bits per heavy atom. The van der Waals surface area contributed by atoms with Gasteiger partial charge in [-0.05, 0) is 25.0 Å². The van der Waals surface area contributed by atoms with Crippen LogP contribution in [0.15, 0.2) is 30.3 Å². The lowest BCUT2D eigenvalue weighted by atomic mass is 10.1.